The van der Waals surface area contributed by atoms with Crippen molar-refractivity contribution in [1.29, 1.82) is 0 Å². The van der Waals surface area contributed by atoms with E-state index in [1.807, 2.05) is 6.07 Å². The minimum Gasteiger partial charge on any atom is -0.363 e. The summed E-state index contributed by atoms with van der Waals surface area (Å²) in [5.74, 6) is -4.98. The lowest BCUT2D eigenvalue weighted by atomic mass is 10.1. The van der Waals surface area contributed by atoms with Crippen molar-refractivity contribution in [3.8, 4) is 11.1 Å². The van der Waals surface area contributed by atoms with Crippen LogP contribution >= 0.6 is 0 Å². The number of carbonyl (C=O) groups excluding carboxylic acids is 1. The van der Waals surface area contributed by atoms with Gasteiger partial charge in [-0.05, 0) is 62.9 Å². The quantitative estimate of drug-likeness (QED) is 0.182. The molecule has 0 bridgehead atoms. The van der Waals surface area contributed by atoms with Crippen LogP contribution in [0.3, 0.4) is 0 Å². The zero-order valence-electron chi connectivity index (χ0n) is 25.1. The van der Waals surface area contributed by atoms with Crippen molar-refractivity contribution in [2.75, 3.05) is 22.1 Å². The SMILES string of the molecule is CC(C)(C)NS(=O)(=O)c1ccccc1-c1ccc(NC(=O)[C@@H]2CCCN2c2c(F)c(F)nc(NCc3ccccc3)c2F)cc1. The van der Waals surface area contributed by atoms with Crippen LogP contribution in [0.1, 0.15) is 39.2 Å². The molecule has 2 heterocycles. The first-order chi connectivity index (χ1) is 21.3. The van der Waals surface area contributed by atoms with Gasteiger partial charge in [0, 0.05) is 29.9 Å². The molecule has 0 radical (unpaired) electrons. The van der Waals surface area contributed by atoms with Gasteiger partial charge in [-0.15, -0.1) is 0 Å². The maximum Gasteiger partial charge on any atom is 0.253 e. The van der Waals surface area contributed by atoms with Crippen molar-refractivity contribution in [1.82, 2.24) is 9.71 Å². The average Bonchev–Trinajstić information content (AvgIpc) is 3.48. The molecule has 0 saturated carbocycles. The summed E-state index contributed by atoms with van der Waals surface area (Å²) in [5, 5.41) is 5.50. The predicted molar refractivity (Wildman–Crippen MR) is 169 cm³/mol. The molecule has 1 aliphatic rings. The standard InChI is InChI=1S/C33H34F3N5O3S/c1-33(2,3)40-45(43,44)26-14-8-7-12-24(26)22-15-17-23(18-16-22)38-32(42)25-13-9-19-41(25)29-27(34)30(36)39-31(28(29)35)37-20-21-10-5-4-6-11-21/h4-8,10-12,14-18,25,40H,9,13,19-20H2,1-3H3,(H,37,39)(H,38,42)/t25-/m0/s1. The average molecular weight is 638 g/mol. The van der Waals surface area contributed by atoms with Crippen molar-refractivity contribution < 1.29 is 26.4 Å². The summed E-state index contributed by atoms with van der Waals surface area (Å²) < 4.78 is 74.0. The van der Waals surface area contributed by atoms with E-state index in [9.17, 15) is 17.6 Å². The Bertz CT molecular complexity index is 1800. The Morgan fingerprint density at radius 2 is 1.60 bits per heavy atom. The lowest BCUT2D eigenvalue weighted by molar-refractivity contribution is -0.117. The molecular weight excluding hydrogens is 603 g/mol. The lowest BCUT2D eigenvalue weighted by Gasteiger charge is -2.27. The fourth-order valence-electron chi connectivity index (χ4n) is 5.32. The molecule has 12 heteroatoms. The molecule has 1 fully saturated rings. The molecule has 5 rings (SSSR count). The number of pyridine rings is 1. The van der Waals surface area contributed by atoms with Gasteiger partial charge in [0.1, 0.15) is 11.7 Å². The van der Waals surface area contributed by atoms with E-state index in [0.717, 1.165) is 5.56 Å². The lowest BCUT2D eigenvalue weighted by Crippen LogP contribution is -2.41. The predicted octanol–water partition coefficient (Wildman–Crippen LogP) is 6.46. The second-order valence-electron chi connectivity index (χ2n) is 11.8. The Kier molecular flexibility index (Phi) is 9.17. The van der Waals surface area contributed by atoms with Gasteiger partial charge in [0.05, 0.1) is 4.90 Å². The highest BCUT2D eigenvalue weighted by Gasteiger charge is 2.36. The molecular formula is C33H34F3N5O3S. The number of hydrogen-bond acceptors (Lipinski definition) is 6. The summed E-state index contributed by atoms with van der Waals surface area (Å²) in [6, 6.07) is 21.2. The molecule has 45 heavy (non-hydrogen) atoms. The second-order valence-corrected chi connectivity index (χ2v) is 13.5. The maximum atomic E-state index is 15.6. The van der Waals surface area contributed by atoms with Crippen LogP contribution in [0.5, 0.6) is 0 Å². The van der Waals surface area contributed by atoms with E-state index in [1.54, 1.807) is 87.5 Å². The smallest absolute Gasteiger partial charge is 0.253 e. The molecule has 0 unspecified atom stereocenters. The van der Waals surface area contributed by atoms with Crippen LogP contribution in [0.4, 0.5) is 30.4 Å². The summed E-state index contributed by atoms with van der Waals surface area (Å²) in [7, 11) is -3.82. The van der Waals surface area contributed by atoms with E-state index in [-0.39, 0.29) is 18.0 Å². The third kappa shape index (κ3) is 7.29. The van der Waals surface area contributed by atoms with Gasteiger partial charge < -0.3 is 15.5 Å². The maximum absolute atomic E-state index is 15.6. The highest BCUT2D eigenvalue weighted by Crippen LogP contribution is 2.35. The topological polar surface area (TPSA) is 103 Å². The Balaban J connectivity index is 1.34. The van der Waals surface area contributed by atoms with Crippen LogP contribution in [0.2, 0.25) is 0 Å². The van der Waals surface area contributed by atoms with Crippen molar-refractivity contribution in [3.05, 3.63) is 102 Å². The summed E-state index contributed by atoms with van der Waals surface area (Å²) in [6.07, 6.45) is 0.756. The Labute approximate surface area is 260 Å². The number of rotatable bonds is 9. The number of benzene rings is 3. The molecule has 4 aromatic rings. The molecule has 236 valence electrons. The number of amides is 1. The molecule has 1 aliphatic heterocycles. The first-order valence-electron chi connectivity index (χ1n) is 14.5. The number of hydrogen-bond donors (Lipinski definition) is 3. The van der Waals surface area contributed by atoms with Crippen molar-refractivity contribution >= 4 is 33.1 Å². The monoisotopic (exact) mass is 637 g/mol. The normalized spacial score (nSPS) is 15.2. The van der Waals surface area contributed by atoms with E-state index >= 15 is 8.78 Å². The number of nitrogens with zero attached hydrogens (tertiary/aromatic N) is 2. The van der Waals surface area contributed by atoms with E-state index in [0.29, 0.717) is 29.7 Å². The van der Waals surface area contributed by atoms with Gasteiger partial charge >= 0.3 is 0 Å². The molecule has 1 saturated heterocycles. The zero-order valence-corrected chi connectivity index (χ0v) is 25.9. The summed E-state index contributed by atoms with van der Waals surface area (Å²) >= 11 is 0. The van der Waals surface area contributed by atoms with E-state index in [4.69, 9.17) is 0 Å². The van der Waals surface area contributed by atoms with E-state index in [2.05, 4.69) is 20.3 Å². The molecule has 0 spiro atoms. The molecule has 1 atom stereocenters. The summed E-state index contributed by atoms with van der Waals surface area (Å²) in [4.78, 5) is 18.1. The summed E-state index contributed by atoms with van der Waals surface area (Å²) in [5.41, 5.74) is 0.959. The van der Waals surface area contributed by atoms with Crippen molar-refractivity contribution in [3.63, 3.8) is 0 Å². The van der Waals surface area contributed by atoms with Crippen molar-refractivity contribution in [2.24, 2.45) is 0 Å². The first kappa shape index (κ1) is 32.0. The number of carbonyl (C=O) groups is 1. The number of nitrogens with one attached hydrogen (secondary N) is 3. The van der Waals surface area contributed by atoms with Gasteiger partial charge in [0.2, 0.25) is 21.7 Å². The molecule has 3 N–H and O–H groups in total. The van der Waals surface area contributed by atoms with Crippen LogP contribution in [0.25, 0.3) is 11.1 Å². The molecule has 1 amide bonds. The molecule has 1 aromatic heterocycles. The summed E-state index contributed by atoms with van der Waals surface area (Å²) in [6.45, 7) is 5.54. The minimum atomic E-state index is -3.82. The van der Waals surface area contributed by atoms with Crippen molar-refractivity contribution in [2.45, 2.75) is 56.6 Å². The van der Waals surface area contributed by atoms with Gasteiger partial charge in [0.25, 0.3) is 5.95 Å². The minimum absolute atomic E-state index is 0.115. The van der Waals surface area contributed by atoms with Gasteiger partial charge in [-0.1, -0.05) is 60.7 Å². The van der Waals surface area contributed by atoms with Crippen LogP contribution in [0.15, 0.2) is 83.8 Å². The van der Waals surface area contributed by atoms with Gasteiger partial charge in [-0.2, -0.15) is 13.8 Å². The number of halogens is 3. The van der Waals surface area contributed by atoms with Gasteiger partial charge in [-0.25, -0.2) is 17.5 Å². The third-order valence-electron chi connectivity index (χ3n) is 7.24. The van der Waals surface area contributed by atoms with E-state index in [1.165, 1.54) is 11.0 Å². The fourth-order valence-corrected chi connectivity index (χ4v) is 6.97. The largest absolute Gasteiger partial charge is 0.363 e. The van der Waals surface area contributed by atoms with E-state index < -0.39 is 56.6 Å². The third-order valence-corrected chi connectivity index (χ3v) is 9.06. The highest BCUT2D eigenvalue weighted by atomic mass is 32.2. The Hall–Kier alpha value is -4.42. The number of aromatic nitrogens is 1. The zero-order chi connectivity index (χ0) is 32.4. The van der Waals surface area contributed by atoms with Gasteiger partial charge in [0.15, 0.2) is 11.6 Å². The highest BCUT2D eigenvalue weighted by molar-refractivity contribution is 7.89. The number of anilines is 3. The van der Waals surface area contributed by atoms with Gasteiger partial charge in [-0.3, -0.25) is 4.79 Å². The van der Waals surface area contributed by atoms with Crippen LogP contribution in [-0.4, -0.2) is 37.4 Å². The second kappa shape index (κ2) is 12.9. The fraction of sp³-hybridized carbons (Fsp3) is 0.273. The van der Waals surface area contributed by atoms with Crippen LogP contribution < -0.4 is 20.3 Å². The van der Waals surface area contributed by atoms with Crippen LogP contribution in [0, 0.1) is 17.6 Å². The Morgan fingerprint density at radius 1 is 0.933 bits per heavy atom. The first-order valence-corrected chi connectivity index (χ1v) is 16.0. The number of sulfonamides is 1. The molecule has 8 nitrogen and oxygen atoms in total. The van der Waals surface area contributed by atoms with Crippen LogP contribution in [-0.2, 0) is 21.4 Å². The molecule has 0 aliphatic carbocycles. The molecule has 3 aromatic carbocycles. The Morgan fingerprint density at radius 3 is 2.29 bits per heavy atom.